The second-order valence-electron chi connectivity index (χ2n) is 7.31. The molecule has 1 atom stereocenters. The normalized spacial score (nSPS) is 26.7. The highest BCUT2D eigenvalue weighted by Crippen LogP contribution is 2.40. The molecule has 0 bridgehead atoms. The highest BCUT2D eigenvalue weighted by atomic mass is 16.5. The van der Waals surface area contributed by atoms with Crippen molar-refractivity contribution < 1.29 is 19.4 Å². The average molecular weight is 359 g/mol. The number of para-hydroxylation sites is 1. The Morgan fingerprint density at radius 3 is 2.77 bits per heavy atom. The second-order valence-corrected chi connectivity index (χ2v) is 7.31. The summed E-state index contributed by atoms with van der Waals surface area (Å²) in [5.41, 5.74) is -0.238. The quantitative estimate of drug-likeness (QED) is 0.786. The molecule has 1 spiro atoms. The lowest BCUT2D eigenvalue weighted by molar-refractivity contribution is -0.132. The Kier molecular flexibility index (Phi) is 4.58. The van der Waals surface area contributed by atoms with Crippen molar-refractivity contribution in [2.45, 2.75) is 37.3 Å². The first-order valence-corrected chi connectivity index (χ1v) is 9.37. The van der Waals surface area contributed by atoms with Gasteiger partial charge in [0.2, 0.25) is 0 Å². The lowest BCUT2D eigenvalue weighted by Crippen LogP contribution is -2.47. The minimum Gasteiger partial charge on any atom is -0.493 e. The van der Waals surface area contributed by atoms with Gasteiger partial charge in [0.15, 0.2) is 5.54 Å². The van der Waals surface area contributed by atoms with Crippen LogP contribution < -0.4 is 10.1 Å². The number of rotatable bonds is 4. The van der Waals surface area contributed by atoms with Gasteiger partial charge in [-0.3, -0.25) is 9.69 Å². The van der Waals surface area contributed by atoms with Gasteiger partial charge in [0.25, 0.3) is 5.91 Å². The molecule has 3 heterocycles. The molecule has 4 rings (SSSR count). The summed E-state index contributed by atoms with van der Waals surface area (Å²) in [7, 11) is 0. The molecule has 7 heteroatoms. The maximum atomic E-state index is 13.1. The van der Waals surface area contributed by atoms with E-state index < -0.39 is 5.54 Å². The van der Waals surface area contributed by atoms with E-state index in [2.05, 4.69) is 10.2 Å². The first-order valence-electron chi connectivity index (χ1n) is 9.37. The van der Waals surface area contributed by atoms with Gasteiger partial charge in [0.1, 0.15) is 5.75 Å². The van der Waals surface area contributed by atoms with E-state index in [1.165, 1.54) is 4.90 Å². The van der Waals surface area contributed by atoms with Gasteiger partial charge < -0.3 is 20.1 Å². The summed E-state index contributed by atoms with van der Waals surface area (Å²) in [5.74, 6) is 0.494. The third-order valence-corrected chi connectivity index (χ3v) is 5.67. The van der Waals surface area contributed by atoms with Crippen molar-refractivity contribution >= 4 is 11.9 Å². The topological polar surface area (TPSA) is 82.1 Å². The number of hydrogen-bond acceptors (Lipinski definition) is 5. The zero-order valence-corrected chi connectivity index (χ0v) is 14.8. The van der Waals surface area contributed by atoms with Crippen molar-refractivity contribution in [3.8, 4) is 5.75 Å². The molecule has 1 unspecified atom stereocenters. The van der Waals surface area contributed by atoms with E-state index in [1.54, 1.807) is 0 Å². The summed E-state index contributed by atoms with van der Waals surface area (Å²) in [5, 5.41) is 12.5. The summed E-state index contributed by atoms with van der Waals surface area (Å²) in [6, 6.07) is 7.10. The number of amides is 3. The van der Waals surface area contributed by atoms with Crippen LogP contribution in [0, 0.1) is 0 Å². The van der Waals surface area contributed by atoms with Crippen LogP contribution in [0.4, 0.5) is 4.79 Å². The smallest absolute Gasteiger partial charge is 0.325 e. The maximum absolute atomic E-state index is 13.1. The fourth-order valence-corrected chi connectivity index (χ4v) is 4.17. The van der Waals surface area contributed by atoms with Crippen LogP contribution >= 0.6 is 0 Å². The van der Waals surface area contributed by atoms with E-state index in [4.69, 9.17) is 4.74 Å². The maximum Gasteiger partial charge on any atom is 0.325 e. The van der Waals surface area contributed by atoms with Gasteiger partial charge >= 0.3 is 6.03 Å². The molecule has 26 heavy (non-hydrogen) atoms. The van der Waals surface area contributed by atoms with Gasteiger partial charge in [-0.05, 0) is 31.9 Å². The zero-order valence-electron chi connectivity index (χ0n) is 14.8. The van der Waals surface area contributed by atoms with Crippen molar-refractivity contribution in [1.82, 2.24) is 15.1 Å². The fourth-order valence-electron chi connectivity index (χ4n) is 4.17. The third-order valence-electron chi connectivity index (χ3n) is 5.67. The Morgan fingerprint density at radius 2 is 1.96 bits per heavy atom. The molecule has 0 radical (unpaired) electrons. The highest BCUT2D eigenvalue weighted by Gasteiger charge is 2.54. The van der Waals surface area contributed by atoms with Gasteiger partial charge in [-0.1, -0.05) is 18.2 Å². The summed E-state index contributed by atoms with van der Waals surface area (Å²) >= 11 is 0. The number of fused-ring (bicyclic) bond motifs is 2. The molecule has 0 aliphatic carbocycles. The monoisotopic (exact) mass is 359 g/mol. The van der Waals surface area contributed by atoms with Crippen LogP contribution in [-0.2, 0) is 10.3 Å². The number of urea groups is 1. The Balaban J connectivity index is 1.42. The minimum atomic E-state index is -0.985. The molecular formula is C19H25N3O4. The SMILES string of the molecule is O=C1NC2(CCOc3ccccc32)C(=O)N1CCCN1CCC(O)CC1. The van der Waals surface area contributed by atoms with Crippen LogP contribution in [0.1, 0.15) is 31.2 Å². The van der Waals surface area contributed by atoms with Gasteiger partial charge in [-0.2, -0.15) is 0 Å². The number of nitrogens with one attached hydrogen (secondary N) is 1. The Bertz CT molecular complexity index is 702. The van der Waals surface area contributed by atoms with Crippen molar-refractivity contribution in [3.05, 3.63) is 29.8 Å². The number of ether oxygens (including phenoxy) is 1. The molecule has 2 N–H and O–H groups in total. The average Bonchev–Trinajstić information content (AvgIpc) is 2.88. The van der Waals surface area contributed by atoms with E-state index in [0.717, 1.165) is 44.5 Å². The molecule has 0 saturated carbocycles. The van der Waals surface area contributed by atoms with Crippen molar-refractivity contribution in [2.75, 3.05) is 32.8 Å². The van der Waals surface area contributed by atoms with E-state index in [0.29, 0.717) is 25.3 Å². The number of carbonyl (C=O) groups is 2. The molecule has 3 amide bonds. The molecule has 3 aliphatic rings. The van der Waals surface area contributed by atoms with E-state index in [1.807, 2.05) is 24.3 Å². The summed E-state index contributed by atoms with van der Waals surface area (Å²) < 4.78 is 5.65. The van der Waals surface area contributed by atoms with Crippen LogP contribution in [0.5, 0.6) is 5.75 Å². The van der Waals surface area contributed by atoms with Crippen LogP contribution in [0.15, 0.2) is 24.3 Å². The lowest BCUT2D eigenvalue weighted by atomic mass is 9.84. The first-order chi connectivity index (χ1) is 12.6. The number of aliphatic hydroxyl groups is 1. The number of piperidine rings is 1. The van der Waals surface area contributed by atoms with E-state index in [9.17, 15) is 14.7 Å². The van der Waals surface area contributed by atoms with Crippen LogP contribution in [0.3, 0.4) is 0 Å². The largest absolute Gasteiger partial charge is 0.493 e. The van der Waals surface area contributed by atoms with Crippen LogP contribution in [-0.4, -0.2) is 65.7 Å². The van der Waals surface area contributed by atoms with Gasteiger partial charge in [-0.15, -0.1) is 0 Å². The molecule has 140 valence electrons. The Morgan fingerprint density at radius 1 is 1.19 bits per heavy atom. The zero-order chi connectivity index (χ0) is 18.1. The van der Waals surface area contributed by atoms with Crippen molar-refractivity contribution in [2.24, 2.45) is 0 Å². The number of nitrogens with zero attached hydrogens (tertiary/aromatic N) is 2. The standard InChI is InChI=1S/C19H25N3O4/c23-14-6-11-21(12-7-14)9-3-10-22-17(24)19(20-18(22)25)8-13-26-16-5-2-1-4-15(16)19/h1-2,4-5,14,23H,3,6-13H2,(H,20,25). The Hall–Kier alpha value is -2.12. The molecule has 2 fully saturated rings. The minimum absolute atomic E-state index is 0.174. The number of aliphatic hydroxyl groups excluding tert-OH is 1. The molecule has 1 aromatic rings. The molecule has 1 aromatic carbocycles. The summed E-state index contributed by atoms with van der Waals surface area (Å²) in [6.07, 6.45) is 2.59. The molecule has 2 saturated heterocycles. The number of likely N-dealkylation sites (tertiary alicyclic amines) is 1. The number of carbonyl (C=O) groups excluding carboxylic acids is 2. The molecule has 0 aromatic heterocycles. The molecule has 3 aliphatic heterocycles. The number of imide groups is 1. The van der Waals surface area contributed by atoms with E-state index >= 15 is 0 Å². The van der Waals surface area contributed by atoms with Gasteiger partial charge in [0.05, 0.1) is 12.7 Å². The summed E-state index contributed by atoms with van der Waals surface area (Å²) in [4.78, 5) is 29.3. The predicted octanol–water partition coefficient (Wildman–Crippen LogP) is 1.06. The van der Waals surface area contributed by atoms with Crippen LogP contribution in [0.25, 0.3) is 0 Å². The van der Waals surface area contributed by atoms with E-state index in [-0.39, 0.29) is 18.0 Å². The van der Waals surface area contributed by atoms with Gasteiger partial charge in [-0.25, -0.2) is 4.79 Å². The lowest BCUT2D eigenvalue weighted by Gasteiger charge is -2.33. The Labute approximate surface area is 152 Å². The van der Waals surface area contributed by atoms with Crippen molar-refractivity contribution in [1.29, 1.82) is 0 Å². The van der Waals surface area contributed by atoms with Crippen molar-refractivity contribution in [3.63, 3.8) is 0 Å². The third kappa shape index (κ3) is 2.95. The predicted molar refractivity (Wildman–Crippen MR) is 94.8 cm³/mol. The van der Waals surface area contributed by atoms with Crippen LogP contribution in [0.2, 0.25) is 0 Å². The van der Waals surface area contributed by atoms with Gasteiger partial charge in [0, 0.05) is 31.6 Å². The summed E-state index contributed by atoms with van der Waals surface area (Å²) in [6.45, 7) is 3.39. The molecule has 7 nitrogen and oxygen atoms in total. The first kappa shape index (κ1) is 17.3. The number of hydrogen-bond donors (Lipinski definition) is 2. The highest BCUT2D eigenvalue weighted by molar-refractivity contribution is 6.07. The second kappa shape index (κ2) is 6.89. The molecular weight excluding hydrogens is 334 g/mol. The fraction of sp³-hybridized carbons (Fsp3) is 0.579. The number of benzene rings is 1.